The first-order valence-electron chi connectivity index (χ1n) is 6.53. The van der Waals surface area contributed by atoms with Crippen molar-refractivity contribution in [2.75, 3.05) is 7.11 Å². The monoisotopic (exact) mass is 352 g/mol. The summed E-state index contributed by atoms with van der Waals surface area (Å²) in [7, 11) is 1.64. The van der Waals surface area contributed by atoms with Gasteiger partial charge >= 0.3 is 0 Å². The van der Waals surface area contributed by atoms with E-state index in [1.54, 1.807) is 7.11 Å². The van der Waals surface area contributed by atoms with E-state index >= 15 is 0 Å². The van der Waals surface area contributed by atoms with Crippen LogP contribution in [0.5, 0.6) is 5.75 Å². The zero-order chi connectivity index (χ0) is 15.6. The van der Waals surface area contributed by atoms with Crippen LogP contribution in [0.4, 0.5) is 4.39 Å². The molecule has 0 bridgehead atoms. The van der Waals surface area contributed by atoms with Gasteiger partial charge in [-0.1, -0.05) is 22.0 Å². The fourth-order valence-corrected chi connectivity index (χ4v) is 2.93. The molecule has 21 heavy (non-hydrogen) atoms. The number of benzene rings is 2. The van der Waals surface area contributed by atoms with Gasteiger partial charge in [-0.2, -0.15) is 0 Å². The largest absolute Gasteiger partial charge is 0.496 e. The predicted octanol–water partition coefficient (Wildman–Crippen LogP) is 3.77. The van der Waals surface area contributed by atoms with E-state index < -0.39 is 0 Å². The lowest BCUT2D eigenvalue weighted by atomic mass is 9.93. The van der Waals surface area contributed by atoms with Gasteiger partial charge in [0.1, 0.15) is 11.6 Å². The molecule has 3 N–H and O–H groups in total. The molecule has 0 amide bonds. The van der Waals surface area contributed by atoms with E-state index in [4.69, 9.17) is 10.6 Å². The molecule has 0 radical (unpaired) electrons. The molecule has 0 saturated heterocycles. The summed E-state index contributed by atoms with van der Waals surface area (Å²) in [5.41, 5.74) is 6.56. The van der Waals surface area contributed by atoms with Crippen LogP contribution in [0.15, 0.2) is 34.8 Å². The second kappa shape index (κ2) is 6.56. The SMILES string of the molecule is COc1cc(C)c(C(NN)c2cc(F)cc(Br)c2)cc1C. The van der Waals surface area contributed by atoms with Gasteiger partial charge in [0.2, 0.25) is 0 Å². The summed E-state index contributed by atoms with van der Waals surface area (Å²) < 4.78 is 19.6. The van der Waals surface area contributed by atoms with E-state index in [0.29, 0.717) is 4.47 Å². The quantitative estimate of drug-likeness (QED) is 0.650. The second-order valence-electron chi connectivity index (χ2n) is 4.98. The minimum absolute atomic E-state index is 0.290. The molecule has 0 aliphatic heterocycles. The van der Waals surface area contributed by atoms with Crippen molar-refractivity contribution in [3.8, 4) is 5.75 Å². The van der Waals surface area contributed by atoms with E-state index in [2.05, 4.69) is 21.4 Å². The standard InChI is InChI=1S/C16H18BrFN2O/c1-9-5-15(21-3)10(2)4-14(9)16(20-19)11-6-12(17)8-13(18)7-11/h4-8,16,20H,19H2,1-3H3. The van der Waals surface area contributed by atoms with Gasteiger partial charge in [-0.15, -0.1) is 0 Å². The molecule has 5 heteroatoms. The van der Waals surface area contributed by atoms with Gasteiger partial charge in [0.05, 0.1) is 13.2 Å². The summed E-state index contributed by atoms with van der Waals surface area (Å²) in [6.07, 6.45) is 0. The first-order chi connectivity index (χ1) is 9.96. The molecule has 112 valence electrons. The molecule has 2 rings (SSSR count). The van der Waals surface area contributed by atoms with Gasteiger partial charge in [0, 0.05) is 4.47 Å². The first kappa shape index (κ1) is 15.9. The summed E-state index contributed by atoms with van der Waals surface area (Å²) in [4.78, 5) is 0. The number of halogens is 2. The van der Waals surface area contributed by atoms with Gasteiger partial charge in [0.25, 0.3) is 0 Å². The molecule has 0 aliphatic carbocycles. The fourth-order valence-electron chi connectivity index (χ4n) is 2.45. The van der Waals surface area contributed by atoms with Crippen LogP contribution in [0.2, 0.25) is 0 Å². The van der Waals surface area contributed by atoms with Gasteiger partial charge < -0.3 is 4.74 Å². The highest BCUT2D eigenvalue weighted by Crippen LogP contribution is 2.31. The van der Waals surface area contributed by atoms with Crippen LogP contribution in [0.1, 0.15) is 28.3 Å². The van der Waals surface area contributed by atoms with E-state index in [-0.39, 0.29) is 11.9 Å². The highest BCUT2D eigenvalue weighted by Gasteiger charge is 2.17. The Morgan fingerprint density at radius 3 is 2.43 bits per heavy atom. The third kappa shape index (κ3) is 3.43. The van der Waals surface area contributed by atoms with Gasteiger partial charge in [-0.3, -0.25) is 5.84 Å². The van der Waals surface area contributed by atoms with Crippen molar-refractivity contribution in [2.24, 2.45) is 5.84 Å². The average molecular weight is 353 g/mol. The maximum Gasteiger partial charge on any atom is 0.124 e. The van der Waals surface area contributed by atoms with E-state index in [9.17, 15) is 4.39 Å². The predicted molar refractivity (Wildman–Crippen MR) is 85.7 cm³/mol. The van der Waals surface area contributed by atoms with Crippen LogP contribution in [0, 0.1) is 19.7 Å². The van der Waals surface area contributed by atoms with Crippen LogP contribution in [0.3, 0.4) is 0 Å². The van der Waals surface area contributed by atoms with Gasteiger partial charge in [0.15, 0.2) is 0 Å². The number of rotatable bonds is 4. The zero-order valence-electron chi connectivity index (χ0n) is 12.2. The molecule has 2 aromatic carbocycles. The molecule has 0 saturated carbocycles. The topological polar surface area (TPSA) is 47.3 Å². The molecule has 0 aromatic heterocycles. The summed E-state index contributed by atoms with van der Waals surface area (Å²) in [6.45, 7) is 3.95. The molecular weight excluding hydrogens is 335 g/mol. The second-order valence-corrected chi connectivity index (χ2v) is 5.90. The lowest BCUT2D eigenvalue weighted by Gasteiger charge is -2.21. The number of nitrogens with one attached hydrogen (secondary N) is 1. The van der Waals surface area contributed by atoms with Crippen LogP contribution in [-0.2, 0) is 0 Å². The van der Waals surface area contributed by atoms with E-state index in [0.717, 1.165) is 28.0 Å². The maximum absolute atomic E-state index is 13.6. The minimum atomic E-state index is -0.303. The third-order valence-corrected chi connectivity index (χ3v) is 3.94. The number of hydrogen-bond donors (Lipinski definition) is 2. The number of ether oxygens (including phenoxy) is 1. The van der Waals surface area contributed by atoms with Crippen molar-refractivity contribution in [3.05, 3.63) is 62.9 Å². The lowest BCUT2D eigenvalue weighted by Crippen LogP contribution is -2.29. The van der Waals surface area contributed by atoms with Gasteiger partial charge in [-0.25, -0.2) is 9.82 Å². The number of methoxy groups -OCH3 is 1. The van der Waals surface area contributed by atoms with Crippen molar-refractivity contribution < 1.29 is 9.13 Å². The number of nitrogens with two attached hydrogens (primary N) is 1. The molecule has 0 aliphatic rings. The van der Waals surface area contributed by atoms with Crippen LogP contribution in [-0.4, -0.2) is 7.11 Å². The average Bonchev–Trinajstić information content (AvgIpc) is 2.42. The molecular formula is C16H18BrFN2O. The molecule has 0 spiro atoms. The third-order valence-electron chi connectivity index (χ3n) is 3.48. The van der Waals surface area contributed by atoms with E-state index in [1.165, 1.54) is 12.1 Å². The van der Waals surface area contributed by atoms with Crippen LogP contribution >= 0.6 is 15.9 Å². The molecule has 2 aromatic rings. The van der Waals surface area contributed by atoms with Crippen LogP contribution in [0.25, 0.3) is 0 Å². The first-order valence-corrected chi connectivity index (χ1v) is 7.32. The Bertz CT molecular complexity index is 641. The Morgan fingerprint density at radius 2 is 1.86 bits per heavy atom. The smallest absolute Gasteiger partial charge is 0.124 e. The fraction of sp³-hybridized carbons (Fsp3) is 0.250. The summed E-state index contributed by atoms with van der Waals surface area (Å²) in [5, 5.41) is 0. The van der Waals surface area contributed by atoms with Gasteiger partial charge in [-0.05, 0) is 60.4 Å². The van der Waals surface area contributed by atoms with E-state index in [1.807, 2.05) is 32.0 Å². The van der Waals surface area contributed by atoms with Crippen LogP contribution < -0.4 is 16.0 Å². The summed E-state index contributed by atoms with van der Waals surface area (Å²) in [6, 6.07) is 8.44. The minimum Gasteiger partial charge on any atom is -0.496 e. The number of hydrazine groups is 1. The van der Waals surface area contributed by atoms with Crippen molar-refractivity contribution in [3.63, 3.8) is 0 Å². The molecule has 0 heterocycles. The zero-order valence-corrected chi connectivity index (χ0v) is 13.8. The summed E-state index contributed by atoms with van der Waals surface area (Å²) in [5.74, 6) is 6.23. The Balaban J connectivity index is 2.53. The Labute approximate surface area is 132 Å². The molecule has 0 fully saturated rings. The Morgan fingerprint density at radius 1 is 1.14 bits per heavy atom. The van der Waals surface area contributed by atoms with Crippen molar-refractivity contribution in [1.29, 1.82) is 0 Å². The molecule has 1 atom stereocenters. The lowest BCUT2D eigenvalue weighted by molar-refractivity contribution is 0.411. The van der Waals surface area contributed by atoms with Crippen molar-refractivity contribution in [1.82, 2.24) is 5.43 Å². The van der Waals surface area contributed by atoms with Crippen molar-refractivity contribution >= 4 is 15.9 Å². The highest BCUT2D eigenvalue weighted by atomic mass is 79.9. The highest BCUT2D eigenvalue weighted by molar-refractivity contribution is 9.10. The van der Waals surface area contributed by atoms with Crippen molar-refractivity contribution in [2.45, 2.75) is 19.9 Å². The molecule has 3 nitrogen and oxygen atoms in total. The Kier molecular flexibility index (Phi) is 4.98. The Hall–Kier alpha value is -1.43. The number of hydrogen-bond acceptors (Lipinski definition) is 3. The normalized spacial score (nSPS) is 12.3. The molecule has 1 unspecified atom stereocenters. The number of aryl methyl sites for hydroxylation is 2. The summed E-state index contributed by atoms with van der Waals surface area (Å²) >= 11 is 3.31. The maximum atomic E-state index is 13.6.